The maximum absolute atomic E-state index is 11.6. The quantitative estimate of drug-likeness (QED) is 0.707. The van der Waals surface area contributed by atoms with Crippen molar-refractivity contribution in [3.8, 4) is 5.88 Å². The molecule has 0 aliphatic carbocycles. The topological polar surface area (TPSA) is 83.7 Å². The van der Waals surface area contributed by atoms with Crippen molar-refractivity contribution in [1.29, 1.82) is 0 Å². The lowest BCUT2D eigenvalue weighted by molar-refractivity contribution is -0.111. The number of carbonyl (C=O) groups is 1. The Morgan fingerprint density at radius 2 is 2.09 bits per heavy atom. The minimum Gasteiger partial charge on any atom is -0.473 e. The number of anilines is 3. The summed E-state index contributed by atoms with van der Waals surface area (Å²) in [5, 5.41) is 2.74. The largest absolute Gasteiger partial charge is 0.473 e. The van der Waals surface area contributed by atoms with Crippen molar-refractivity contribution in [2.45, 2.75) is 20.0 Å². The Hall–Kier alpha value is -2.28. The van der Waals surface area contributed by atoms with Gasteiger partial charge in [0, 0.05) is 20.1 Å². The van der Waals surface area contributed by atoms with E-state index in [2.05, 4.69) is 21.8 Å². The highest BCUT2D eigenvalue weighted by Crippen LogP contribution is 2.31. The number of aromatic nitrogens is 1. The van der Waals surface area contributed by atoms with Gasteiger partial charge in [0.2, 0.25) is 11.8 Å². The average Bonchev–Trinajstić information content (AvgIpc) is 2.46. The van der Waals surface area contributed by atoms with Gasteiger partial charge in [0.15, 0.2) is 5.82 Å². The van der Waals surface area contributed by atoms with Crippen LogP contribution >= 0.6 is 0 Å². The van der Waals surface area contributed by atoms with Crippen molar-refractivity contribution in [3.05, 3.63) is 18.7 Å². The smallest absolute Gasteiger partial charge is 0.247 e. The number of nitrogens with two attached hydrogens (primary N) is 1. The average molecular weight is 321 g/mol. The second-order valence-electron chi connectivity index (χ2n) is 5.84. The molecule has 1 rings (SSSR count). The minimum absolute atomic E-state index is 0.0432. The molecule has 1 amide bonds. The van der Waals surface area contributed by atoms with Crippen LogP contribution in [0.3, 0.4) is 0 Å². The van der Waals surface area contributed by atoms with E-state index in [1.165, 1.54) is 6.08 Å². The van der Waals surface area contributed by atoms with E-state index >= 15 is 0 Å². The Morgan fingerprint density at radius 3 is 2.61 bits per heavy atom. The summed E-state index contributed by atoms with van der Waals surface area (Å²) in [4.78, 5) is 20.1. The standard InChI is InChI=1S/C16H27N5O2/c1-7-14(22)18-13-10-12(17)16(23-11(2)3)19-15(13)21(6)9-8-20(4)5/h7,10-11H,1,8-9,17H2,2-6H3,(H,18,22). The second-order valence-corrected chi connectivity index (χ2v) is 5.84. The number of nitrogens with zero attached hydrogens (tertiary/aromatic N) is 3. The molecule has 0 spiro atoms. The number of amides is 1. The first-order valence-corrected chi connectivity index (χ1v) is 7.51. The second kappa shape index (κ2) is 8.38. The van der Waals surface area contributed by atoms with Crippen LogP contribution in [0.5, 0.6) is 5.88 Å². The summed E-state index contributed by atoms with van der Waals surface area (Å²) in [7, 11) is 5.90. The van der Waals surface area contributed by atoms with Crippen molar-refractivity contribution in [1.82, 2.24) is 9.88 Å². The number of pyridine rings is 1. The lowest BCUT2D eigenvalue weighted by Gasteiger charge is -2.24. The Labute approximate surface area is 138 Å². The number of nitrogen functional groups attached to an aromatic ring is 1. The normalized spacial score (nSPS) is 10.7. The maximum atomic E-state index is 11.6. The molecular formula is C16H27N5O2. The van der Waals surface area contributed by atoms with Gasteiger partial charge in [0.05, 0.1) is 17.5 Å². The van der Waals surface area contributed by atoms with Crippen molar-refractivity contribution in [3.63, 3.8) is 0 Å². The van der Waals surface area contributed by atoms with Crippen LogP contribution < -0.4 is 20.7 Å². The van der Waals surface area contributed by atoms with Gasteiger partial charge < -0.3 is 25.6 Å². The molecule has 7 nitrogen and oxygen atoms in total. The third kappa shape index (κ3) is 5.78. The zero-order valence-corrected chi connectivity index (χ0v) is 14.6. The molecule has 7 heteroatoms. The monoisotopic (exact) mass is 321 g/mol. The molecular weight excluding hydrogens is 294 g/mol. The van der Waals surface area contributed by atoms with Gasteiger partial charge in [0.25, 0.3) is 0 Å². The first kappa shape index (κ1) is 18.8. The molecule has 0 atom stereocenters. The van der Waals surface area contributed by atoms with E-state index in [9.17, 15) is 4.79 Å². The highest BCUT2D eigenvalue weighted by molar-refractivity contribution is 6.01. The van der Waals surface area contributed by atoms with E-state index in [1.807, 2.05) is 39.9 Å². The molecule has 0 saturated carbocycles. The fourth-order valence-corrected chi connectivity index (χ4v) is 1.84. The van der Waals surface area contributed by atoms with Crippen molar-refractivity contribution >= 4 is 23.1 Å². The third-order valence-electron chi connectivity index (χ3n) is 3.03. The van der Waals surface area contributed by atoms with Gasteiger partial charge in [-0.3, -0.25) is 4.79 Å². The first-order valence-electron chi connectivity index (χ1n) is 7.51. The van der Waals surface area contributed by atoms with E-state index < -0.39 is 0 Å². The summed E-state index contributed by atoms with van der Waals surface area (Å²) in [6, 6.07) is 1.66. The molecule has 0 aliphatic heterocycles. The van der Waals surface area contributed by atoms with E-state index in [-0.39, 0.29) is 12.0 Å². The molecule has 0 unspecified atom stereocenters. The number of rotatable bonds is 8. The van der Waals surface area contributed by atoms with Crippen LogP contribution in [-0.4, -0.2) is 56.1 Å². The van der Waals surface area contributed by atoms with Crippen molar-refractivity contribution in [2.24, 2.45) is 0 Å². The summed E-state index contributed by atoms with van der Waals surface area (Å²) in [6.07, 6.45) is 1.16. The van der Waals surface area contributed by atoms with Crippen molar-refractivity contribution < 1.29 is 9.53 Å². The molecule has 0 aromatic carbocycles. The van der Waals surface area contributed by atoms with E-state index in [1.54, 1.807) is 6.07 Å². The van der Waals surface area contributed by atoms with Crippen LogP contribution in [0.1, 0.15) is 13.8 Å². The number of likely N-dealkylation sites (N-methyl/N-ethyl adjacent to an activating group) is 2. The highest BCUT2D eigenvalue weighted by Gasteiger charge is 2.16. The number of hydrogen-bond donors (Lipinski definition) is 2. The Morgan fingerprint density at radius 1 is 1.43 bits per heavy atom. The van der Waals surface area contributed by atoms with Crippen LogP contribution in [0.4, 0.5) is 17.2 Å². The molecule has 0 bridgehead atoms. The predicted molar refractivity (Wildman–Crippen MR) is 95.1 cm³/mol. The molecule has 128 valence electrons. The molecule has 1 aromatic heterocycles. The van der Waals surface area contributed by atoms with Gasteiger partial charge in [-0.2, -0.15) is 4.98 Å². The summed E-state index contributed by atoms with van der Waals surface area (Å²) in [5.74, 6) is 0.654. The van der Waals surface area contributed by atoms with Crippen LogP contribution in [0.25, 0.3) is 0 Å². The Kier molecular flexibility index (Phi) is 6.84. The van der Waals surface area contributed by atoms with Gasteiger partial charge in [0.1, 0.15) is 0 Å². The highest BCUT2D eigenvalue weighted by atomic mass is 16.5. The predicted octanol–water partition coefficient (Wildman–Crippen LogP) is 1.57. The lowest BCUT2D eigenvalue weighted by atomic mass is 10.3. The summed E-state index contributed by atoms with van der Waals surface area (Å²) in [5.41, 5.74) is 6.90. The summed E-state index contributed by atoms with van der Waals surface area (Å²) in [6.45, 7) is 8.86. The van der Waals surface area contributed by atoms with Crippen molar-refractivity contribution in [2.75, 3.05) is 50.2 Å². The van der Waals surface area contributed by atoms with Crippen LogP contribution in [0.2, 0.25) is 0 Å². The molecule has 0 fully saturated rings. The van der Waals surface area contributed by atoms with Gasteiger partial charge in [-0.05, 0) is 40.1 Å². The summed E-state index contributed by atoms with van der Waals surface area (Å²) >= 11 is 0. The SMILES string of the molecule is C=CC(=O)Nc1cc(N)c(OC(C)C)nc1N(C)CCN(C)C. The number of nitrogens with one attached hydrogen (secondary N) is 1. The van der Waals surface area contributed by atoms with Gasteiger partial charge in [-0.1, -0.05) is 6.58 Å². The molecule has 1 aromatic rings. The number of ether oxygens (including phenoxy) is 1. The third-order valence-corrected chi connectivity index (χ3v) is 3.03. The molecule has 3 N–H and O–H groups in total. The zero-order chi connectivity index (χ0) is 17.6. The molecule has 0 radical (unpaired) electrons. The Bertz CT molecular complexity index is 558. The van der Waals surface area contributed by atoms with E-state index in [4.69, 9.17) is 10.5 Å². The lowest BCUT2D eigenvalue weighted by Crippen LogP contribution is -2.30. The zero-order valence-electron chi connectivity index (χ0n) is 14.6. The van der Waals surface area contributed by atoms with Gasteiger partial charge in [-0.15, -0.1) is 0 Å². The first-order chi connectivity index (χ1) is 10.7. The maximum Gasteiger partial charge on any atom is 0.247 e. The fourth-order valence-electron chi connectivity index (χ4n) is 1.84. The molecule has 0 aliphatic rings. The van der Waals surface area contributed by atoms with Crippen LogP contribution in [0.15, 0.2) is 18.7 Å². The molecule has 0 saturated heterocycles. The van der Waals surface area contributed by atoms with E-state index in [0.29, 0.717) is 23.1 Å². The van der Waals surface area contributed by atoms with E-state index in [0.717, 1.165) is 13.1 Å². The molecule has 23 heavy (non-hydrogen) atoms. The van der Waals surface area contributed by atoms with Crippen LogP contribution in [-0.2, 0) is 4.79 Å². The number of hydrogen-bond acceptors (Lipinski definition) is 6. The fraction of sp³-hybridized carbons (Fsp3) is 0.500. The molecule has 1 heterocycles. The van der Waals surface area contributed by atoms with Gasteiger partial charge >= 0.3 is 0 Å². The number of carbonyl (C=O) groups excluding carboxylic acids is 1. The van der Waals surface area contributed by atoms with Gasteiger partial charge in [-0.25, -0.2) is 0 Å². The Balaban J connectivity index is 3.18. The summed E-state index contributed by atoms with van der Waals surface area (Å²) < 4.78 is 5.64. The minimum atomic E-state index is -0.314. The van der Waals surface area contributed by atoms with Crippen LogP contribution in [0, 0.1) is 0 Å².